The molecule has 0 aliphatic carbocycles. The molecule has 2 saturated heterocycles. The number of ether oxygens (including phenoxy) is 4. The minimum absolute atomic E-state index is 0.311. The third-order valence-electron chi connectivity index (χ3n) is 4.05. The molecule has 6 atom stereocenters. The Labute approximate surface area is 139 Å². The Morgan fingerprint density at radius 2 is 1.91 bits per heavy atom. The molecular weight excluding hydrogens is 320 g/mol. The molecule has 0 aromatic heterocycles. The minimum Gasteiger partial charge on any atom is -0.497 e. The van der Waals surface area contributed by atoms with Gasteiger partial charge in [0.15, 0.2) is 6.29 Å². The summed E-state index contributed by atoms with van der Waals surface area (Å²) < 4.78 is 22.5. The molecule has 128 valence electrons. The third kappa shape index (κ3) is 3.50. The lowest BCUT2D eigenvalue weighted by atomic mass is 9.99. The molecule has 0 saturated carbocycles. The predicted octanol–water partition coefficient (Wildman–Crippen LogP) is 1.31. The van der Waals surface area contributed by atoms with Gasteiger partial charge in [0.25, 0.3) is 0 Å². The highest BCUT2D eigenvalue weighted by Crippen LogP contribution is 2.36. The van der Waals surface area contributed by atoms with Crippen molar-refractivity contribution >= 4 is 11.8 Å². The fourth-order valence-electron chi connectivity index (χ4n) is 2.81. The van der Waals surface area contributed by atoms with Crippen molar-refractivity contribution in [2.75, 3.05) is 19.5 Å². The largest absolute Gasteiger partial charge is 0.497 e. The minimum atomic E-state index is -0.998. The van der Waals surface area contributed by atoms with Crippen LogP contribution in [0.2, 0.25) is 0 Å². The molecule has 2 aliphatic heterocycles. The summed E-state index contributed by atoms with van der Waals surface area (Å²) in [6.45, 7) is 2.29. The van der Waals surface area contributed by atoms with Gasteiger partial charge in [-0.3, -0.25) is 0 Å². The first-order chi connectivity index (χ1) is 11.1. The molecule has 23 heavy (non-hydrogen) atoms. The topological polar surface area (TPSA) is 77.4 Å². The van der Waals surface area contributed by atoms with E-state index in [1.807, 2.05) is 31.2 Å². The average Bonchev–Trinajstić information content (AvgIpc) is 2.59. The van der Waals surface area contributed by atoms with Gasteiger partial charge < -0.3 is 29.2 Å². The number of fused-ring (bicyclic) bond motifs is 1. The second kappa shape index (κ2) is 7.38. The lowest BCUT2D eigenvalue weighted by Gasteiger charge is -2.46. The number of thioether (sulfide) groups is 1. The number of hydrogen-bond donors (Lipinski definition) is 2. The zero-order chi connectivity index (χ0) is 16.4. The first-order valence-electron chi connectivity index (χ1n) is 7.68. The SMILES string of the molecule is CCS[C@@H]1O[C@@H]2CO[C@H](c3ccc(OC)cc3)O[C@@H]2[C@H](O)[C@H]1O. The normalized spacial score (nSPS) is 37.2. The molecule has 0 radical (unpaired) electrons. The maximum Gasteiger partial charge on any atom is 0.184 e. The molecule has 1 aromatic carbocycles. The smallest absolute Gasteiger partial charge is 0.184 e. The van der Waals surface area contributed by atoms with E-state index in [0.717, 1.165) is 17.1 Å². The molecule has 0 unspecified atom stereocenters. The molecule has 2 N–H and O–H groups in total. The van der Waals surface area contributed by atoms with Crippen molar-refractivity contribution in [1.29, 1.82) is 0 Å². The van der Waals surface area contributed by atoms with Crippen LogP contribution in [0.3, 0.4) is 0 Å². The van der Waals surface area contributed by atoms with Crippen LogP contribution in [0.1, 0.15) is 18.8 Å². The van der Waals surface area contributed by atoms with Crippen LogP contribution in [0.5, 0.6) is 5.75 Å². The van der Waals surface area contributed by atoms with Gasteiger partial charge in [-0.2, -0.15) is 0 Å². The number of benzene rings is 1. The van der Waals surface area contributed by atoms with Crippen molar-refractivity contribution in [3.63, 3.8) is 0 Å². The number of rotatable bonds is 4. The summed E-state index contributed by atoms with van der Waals surface area (Å²) in [5.41, 5.74) is 0.372. The summed E-state index contributed by atoms with van der Waals surface area (Å²) in [5, 5.41) is 20.6. The summed E-state index contributed by atoms with van der Waals surface area (Å²) in [6, 6.07) is 7.35. The van der Waals surface area contributed by atoms with Crippen LogP contribution >= 0.6 is 11.8 Å². The quantitative estimate of drug-likeness (QED) is 0.854. The molecule has 1 aromatic rings. The second-order valence-electron chi connectivity index (χ2n) is 5.52. The fourth-order valence-corrected chi connectivity index (χ4v) is 3.72. The Balaban J connectivity index is 1.69. The maximum atomic E-state index is 10.4. The van der Waals surface area contributed by atoms with Crippen LogP contribution in [-0.2, 0) is 14.2 Å². The summed E-state index contributed by atoms with van der Waals surface area (Å²) in [5.74, 6) is 1.54. The van der Waals surface area contributed by atoms with E-state index in [0.29, 0.717) is 6.61 Å². The maximum absolute atomic E-state index is 10.4. The first kappa shape index (κ1) is 17.0. The van der Waals surface area contributed by atoms with E-state index in [2.05, 4.69) is 0 Å². The molecule has 0 spiro atoms. The van der Waals surface area contributed by atoms with E-state index in [1.54, 1.807) is 7.11 Å². The predicted molar refractivity (Wildman–Crippen MR) is 85.4 cm³/mol. The molecular formula is C16H22O6S. The van der Waals surface area contributed by atoms with E-state index in [4.69, 9.17) is 18.9 Å². The van der Waals surface area contributed by atoms with E-state index >= 15 is 0 Å². The Hall–Kier alpha value is -0.830. The Morgan fingerprint density at radius 1 is 1.17 bits per heavy atom. The molecule has 6 nitrogen and oxygen atoms in total. The fraction of sp³-hybridized carbons (Fsp3) is 0.625. The first-order valence-corrected chi connectivity index (χ1v) is 8.73. The highest BCUT2D eigenvalue weighted by molar-refractivity contribution is 7.99. The molecule has 3 rings (SSSR count). The van der Waals surface area contributed by atoms with Crippen molar-refractivity contribution in [2.24, 2.45) is 0 Å². The standard InChI is InChI=1S/C16H22O6S/c1-3-23-16-13(18)12(17)14-11(21-16)8-20-15(22-14)9-4-6-10(19-2)7-5-9/h4-7,11-18H,3,8H2,1-2H3/t11-,12-,13-,14+,15+,16+/m1/s1. The van der Waals surface area contributed by atoms with Gasteiger partial charge in [-0.15, -0.1) is 11.8 Å². The van der Waals surface area contributed by atoms with Crippen LogP contribution in [0.15, 0.2) is 24.3 Å². The van der Waals surface area contributed by atoms with Crippen molar-refractivity contribution in [3.05, 3.63) is 29.8 Å². The second-order valence-corrected chi connectivity index (χ2v) is 6.89. The lowest BCUT2D eigenvalue weighted by Crippen LogP contribution is -2.60. The van der Waals surface area contributed by atoms with Gasteiger partial charge in [-0.05, 0) is 17.9 Å². The Kier molecular flexibility index (Phi) is 5.45. The zero-order valence-electron chi connectivity index (χ0n) is 13.1. The highest BCUT2D eigenvalue weighted by Gasteiger charge is 2.48. The van der Waals surface area contributed by atoms with Crippen molar-refractivity contribution in [1.82, 2.24) is 0 Å². The van der Waals surface area contributed by atoms with Gasteiger partial charge in [-0.25, -0.2) is 0 Å². The summed E-state index contributed by atoms with van der Waals surface area (Å²) in [4.78, 5) is 0. The highest BCUT2D eigenvalue weighted by atomic mass is 32.2. The molecule has 2 aliphatic rings. The molecule has 0 bridgehead atoms. The van der Waals surface area contributed by atoms with Gasteiger partial charge in [-0.1, -0.05) is 19.1 Å². The summed E-state index contributed by atoms with van der Waals surface area (Å²) in [6.07, 6.45) is -3.56. The van der Waals surface area contributed by atoms with E-state index in [1.165, 1.54) is 11.8 Å². The Bertz CT molecular complexity index is 508. The lowest BCUT2D eigenvalue weighted by molar-refractivity contribution is -0.318. The molecule has 2 heterocycles. The van der Waals surface area contributed by atoms with Gasteiger partial charge in [0.1, 0.15) is 35.6 Å². The molecule has 7 heteroatoms. The molecule has 2 fully saturated rings. The van der Waals surface area contributed by atoms with E-state index in [9.17, 15) is 10.2 Å². The van der Waals surface area contributed by atoms with Gasteiger partial charge in [0, 0.05) is 5.56 Å². The van der Waals surface area contributed by atoms with Crippen molar-refractivity contribution in [3.8, 4) is 5.75 Å². The average molecular weight is 342 g/mol. The Morgan fingerprint density at radius 3 is 2.57 bits per heavy atom. The van der Waals surface area contributed by atoms with Gasteiger partial charge in [0.2, 0.25) is 0 Å². The number of aliphatic hydroxyl groups excluding tert-OH is 2. The number of hydrogen-bond acceptors (Lipinski definition) is 7. The third-order valence-corrected chi connectivity index (χ3v) is 5.10. The zero-order valence-corrected chi connectivity index (χ0v) is 13.9. The van der Waals surface area contributed by atoms with Crippen LogP contribution < -0.4 is 4.74 Å². The monoisotopic (exact) mass is 342 g/mol. The van der Waals surface area contributed by atoms with Crippen molar-refractivity contribution in [2.45, 2.75) is 43.1 Å². The summed E-state index contributed by atoms with van der Waals surface area (Å²) in [7, 11) is 1.61. The van der Waals surface area contributed by atoms with Gasteiger partial charge >= 0.3 is 0 Å². The van der Waals surface area contributed by atoms with Crippen LogP contribution in [0.4, 0.5) is 0 Å². The van der Waals surface area contributed by atoms with Crippen LogP contribution in [0, 0.1) is 0 Å². The van der Waals surface area contributed by atoms with E-state index in [-0.39, 0.29) is 6.10 Å². The van der Waals surface area contributed by atoms with Gasteiger partial charge in [0.05, 0.1) is 13.7 Å². The van der Waals surface area contributed by atoms with Crippen molar-refractivity contribution < 1.29 is 29.2 Å². The van der Waals surface area contributed by atoms with Crippen LogP contribution in [-0.4, -0.2) is 59.5 Å². The number of methoxy groups -OCH3 is 1. The summed E-state index contributed by atoms with van der Waals surface area (Å²) >= 11 is 1.46. The molecule has 0 amide bonds. The van der Waals surface area contributed by atoms with Crippen LogP contribution in [0.25, 0.3) is 0 Å². The van der Waals surface area contributed by atoms with E-state index < -0.39 is 30.0 Å². The number of aliphatic hydroxyl groups is 2.